The Bertz CT molecular complexity index is 883. The Morgan fingerprint density at radius 1 is 1.08 bits per heavy atom. The van der Waals surface area contributed by atoms with E-state index in [4.69, 9.17) is 0 Å². The highest BCUT2D eigenvalue weighted by Crippen LogP contribution is 2.44. The van der Waals surface area contributed by atoms with Crippen molar-refractivity contribution in [2.24, 2.45) is 0 Å². The highest BCUT2D eigenvalue weighted by Gasteiger charge is 2.52. The predicted molar refractivity (Wildman–Crippen MR) is 89.6 cm³/mol. The predicted octanol–water partition coefficient (Wildman–Crippen LogP) is 4.19. The fraction of sp³-hybridized carbons (Fsp3) is 0.200. The minimum atomic E-state index is -4.02. The number of ketones is 1. The minimum absolute atomic E-state index is 0.0855. The highest BCUT2D eigenvalue weighted by atomic mass is 19.3. The first-order valence-electron chi connectivity index (χ1n) is 7.88. The van der Waals surface area contributed by atoms with Crippen LogP contribution in [0.3, 0.4) is 0 Å². The van der Waals surface area contributed by atoms with Crippen molar-refractivity contribution < 1.29 is 23.1 Å². The van der Waals surface area contributed by atoms with Gasteiger partial charge in [-0.2, -0.15) is 8.78 Å². The number of aryl methyl sites for hydroxylation is 1. The fourth-order valence-corrected chi connectivity index (χ4v) is 2.97. The quantitative estimate of drug-likeness (QED) is 0.783. The smallest absolute Gasteiger partial charge is 0.382 e. The molecule has 3 nitrogen and oxygen atoms in total. The highest BCUT2D eigenvalue weighted by molar-refractivity contribution is 6.25. The molecular formula is C20H16F2O3. The molecule has 0 unspecified atom stereocenters. The number of alkyl halides is 2. The number of carbonyl (C=O) groups is 2. The largest absolute Gasteiger partial charge is 0.461 e. The Labute approximate surface area is 143 Å². The van der Waals surface area contributed by atoms with Gasteiger partial charge in [0.15, 0.2) is 5.78 Å². The number of benzene rings is 2. The molecule has 2 aromatic carbocycles. The van der Waals surface area contributed by atoms with E-state index in [1.54, 1.807) is 42.5 Å². The maximum Gasteiger partial charge on any atom is 0.382 e. The molecule has 0 N–H and O–H groups in total. The summed E-state index contributed by atoms with van der Waals surface area (Å²) in [5.41, 5.74) is 1.14. The average Bonchev–Trinajstić information content (AvgIpc) is 2.88. The van der Waals surface area contributed by atoms with Crippen LogP contribution in [0.15, 0.2) is 54.1 Å². The number of halogens is 2. The lowest BCUT2D eigenvalue weighted by Crippen LogP contribution is -2.35. The molecule has 0 saturated heterocycles. The Kier molecular flexibility index (Phi) is 4.25. The zero-order valence-electron chi connectivity index (χ0n) is 13.8. The van der Waals surface area contributed by atoms with Crippen LogP contribution in [0, 0.1) is 6.92 Å². The van der Waals surface area contributed by atoms with Crippen molar-refractivity contribution in [2.45, 2.75) is 19.8 Å². The molecule has 0 heterocycles. The summed E-state index contributed by atoms with van der Waals surface area (Å²) in [6, 6.07) is 13.3. The van der Waals surface area contributed by atoms with Gasteiger partial charge in [0.25, 0.3) is 0 Å². The van der Waals surface area contributed by atoms with E-state index < -0.39 is 23.2 Å². The number of rotatable bonds is 4. The molecule has 25 heavy (non-hydrogen) atoms. The molecule has 0 aliphatic heterocycles. The third kappa shape index (κ3) is 2.76. The van der Waals surface area contributed by atoms with Gasteiger partial charge in [-0.25, -0.2) is 4.79 Å². The van der Waals surface area contributed by atoms with Gasteiger partial charge in [-0.15, -0.1) is 0 Å². The molecule has 5 heteroatoms. The molecule has 0 saturated carbocycles. The number of carbonyl (C=O) groups excluding carboxylic acids is 2. The van der Waals surface area contributed by atoms with Crippen molar-refractivity contribution in [1.82, 2.24) is 0 Å². The van der Waals surface area contributed by atoms with Crippen molar-refractivity contribution in [2.75, 3.05) is 6.61 Å². The van der Waals surface area contributed by atoms with Gasteiger partial charge in [-0.3, -0.25) is 4.79 Å². The lowest BCUT2D eigenvalue weighted by molar-refractivity contribution is -0.165. The first-order valence-corrected chi connectivity index (χ1v) is 7.88. The van der Waals surface area contributed by atoms with E-state index in [0.717, 1.165) is 5.56 Å². The second kappa shape index (κ2) is 6.24. The number of Topliss-reactive ketones (excluding diaryl/α,β-unsaturated/α-hetero) is 1. The Morgan fingerprint density at radius 2 is 1.76 bits per heavy atom. The van der Waals surface area contributed by atoms with E-state index in [1.807, 2.05) is 6.92 Å². The van der Waals surface area contributed by atoms with Gasteiger partial charge in [-0.05, 0) is 25.0 Å². The summed E-state index contributed by atoms with van der Waals surface area (Å²) in [5, 5.41) is 0. The van der Waals surface area contributed by atoms with Crippen molar-refractivity contribution in [3.63, 3.8) is 0 Å². The summed E-state index contributed by atoms with van der Waals surface area (Å²) >= 11 is 0. The van der Waals surface area contributed by atoms with Crippen LogP contribution in [0.25, 0.3) is 5.57 Å². The number of hydrogen-bond acceptors (Lipinski definition) is 3. The van der Waals surface area contributed by atoms with E-state index in [-0.39, 0.29) is 17.7 Å². The molecule has 128 valence electrons. The molecule has 0 atom stereocenters. The standard InChI is InChI=1S/C20H16F2O3/c1-3-25-19(24)20(21,22)17-16(13-7-5-4-6-8-13)15-11-12(2)9-10-14(15)18(17)23/h4-11H,3H2,1-2H3. The van der Waals surface area contributed by atoms with Crippen LogP contribution in [0.5, 0.6) is 0 Å². The number of ether oxygens (including phenoxy) is 1. The Hall–Kier alpha value is -2.82. The van der Waals surface area contributed by atoms with Crippen LogP contribution < -0.4 is 0 Å². The SMILES string of the molecule is CCOC(=O)C(F)(F)C1=C(c2ccccc2)c2cc(C)ccc2C1=O. The number of fused-ring (bicyclic) bond motifs is 1. The fourth-order valence-electron chi connectivity index (χ4n) is 2.97. The lowest BCUT2D eigenvalue weighted by Gasteiger charge is -2.17. The minimum Gasteiger partial charge on any atom is -0.461 e. The third-order valence-corrected chi connectivity index (χ3v) is 4.07. The molecule has 3 rings (SSSR count). The van der Waals surface area contributed by atoms with Crippen LogP contribution >= 0.6 is 0 Å². The van der Waals surface area contributed by atoms with Crippen LogP contribution in [0.4, 0.5) is 8.78 Å². The van der Waals surface area contributed by atoms with E-state index in [9.17, 15) is 18.4 Å². The topological polar surface area (TPSA) is 43.4 Å². The molecule has 0 aromatic heterocycles. The Balaban J connectivity index is 2.30. The van der Waals surface area contributed by atoms with Crippen molar-refractivity contribution in [3.8, 4) is 0 Å². The van der Waals surface area contributed by atoms with Crippen LogP contribution in [-0.2, 0) is 9.53 Å². The molecular weight excluding hydrogens is 326 g/mol. The maximum absolute atomic E-state index is 14.8. The second-order valence-corrected chi connectivity index (χ2v) is 5.79. The van der Waals surface area contributed by atoms with Crippen molar-refractivity contribution in [3.05, 3.63) is 76.4 Å². The summed E-state index contributed by atoms with van der Waals surface area (Å²) in [6.07, 6.45) is 0. The normalized spacial score (nSPS) is 13.8. The molecule has 0 spiro atoms. The summed E-state index contributed by atoms with van der Waals surface area (Å²) in [5.74, 6) is -6.58. The van der Waals surface area contributed by atoms with E-state index in [1.165, 1.54) is 13.0 Å². The van der Waals surface area contributed by atoms with E-state index >= 15 is 0 Å². The van der Waals surface area contributed by atoms with E-state index in [2.05, 4.69) is 4.74 Å². The molecule has 1 aliphatic rings. The summed E-state index contributed by atoms with van der Waals surface area (Å²) in [6.45, 7) is 3.06. The molecule has 1 aliphatic carbocycles. The van der Waals surface area contributed by atoms with Gasteiger partial charge in [0.05, 0.1) is 12.2 Å². The summed E-state index contributed by atoms with van der Waals surface area (Å²) in [7, 11) is 0. The zero-order chi connectivity index (χ0) is 18.2. The van der Waals surface area contributed by atoms with E-state index in [0.29, 0.717) is 11.1 Å². The van der Waals surface area contributed by atoms with Crippen LogP contribution in [-0.4, -0.2) is 24.3 Å². The lowest BCUT2D eigenvalue weighted by atomic mass is 9.94. The van der Waals surface area contributed by atoms with Gasteiger partial charge in [-0.1, -0.05) is 54.1 Å². The van der Waals surface area contributed by atoms with Crippen LogP contribution in [0.1, 0.15) is 34.0 Å². The van der Waals surface area contributed by atoms with Gasteiger partial charge in [0, 0.05) is 11.1 Å². The molecule has 2 aromatic rings. The second-order valence-electron chi connectivity index (χ2n) is 5.79. The number of hydrogen-bond donors (Lipinski definition) is 0. The first-order chi connectivity index (χ1) is 11.9. The van der Waals surface area contributed by atoms with Crippen molar-refractivity contribution >= 4 is 17.3 Å². The maximum atomic E-state index is 14.8. The van der Waals surface area contributed by atoms with Gasteiger partial charge in [0.2, 0.25) is 0 Å². The molecule has 0 radical (unpaired) electrons. The molecule has 0 fully saturated rings. The van der Waals surface area contributed by atoms with Gasteiger partial charge in [0.1, 0.15) is 0 Å². The molecule has 0 bridgehead atoms. The van der Waals surface area contributed by atoms with Crippen LogP contribution in [0.2, 0.25) is 0 Å². The number of esters is 1. The van der Waals surface area contributed by atoms with Crippen molar-refractivity contribution in [1.29, 1.82) is 0 Å². The van der Waals surface area contributed by atoms with Gasteiger partial charge < -0.3 is 4.74 Å². The monoisotopic (exact) mass is 342 g/mol. The molecule has 0 amide bonds. The average molecular weight is 342 g/mol. The summed E-state index contributed by atoms with van der Waals surface area (Å²) in [4.78, 5) is 24.5. The summed E-state index contributed by atoms with van der Waals surface area (Å²) < 4.78 is 34.1. The third-order valence-electron chi connectivity index (χ3n) is 4.07. The Morgan fingerprint density at radius 3 is 2.40 bits per heavy atom. The van der Waals surface area contributed by atoms with Gasteiger partial charge >= 0.3 is 11.9 Å². The first kappa shape index (κ1) is 17.0. The zero-order valence-corrected chi connectivity index (χ0v) is 13.8.